The highest BCUT2D eigenvalue weighted by atomic mass is 35.5. The molecule has 9 heteroatoms. The van der Waals surface area contributed by atoms with E-state index in [1.54, 1.807) is 4.90 Å². The Morgan fingerprint density at radius 3 is 2.67 bits per heavy atom. The molecule has 1 aromatic heterocycles. The van der Waals surface area contributed by atoms with Crippen LogP contribution in [0.5, 0.6) is 0 Å². The molecule has 0 radical (unpaired) electrons. The monoisotopic (exact) mass is 349 g/mol. The minimum Gasteiger partial charge on any atom is -0.368 e. The summed E-state index contributed by atoms with van der Waals surface area (Å²) in [7, 11) is 0. The van der Waals surface area contributed by atoms with E-state index in [2.05, 4.69) is 9.88 Å². The summed E-state index contributed by atoms with van der Waals surface area (Å²) in [5.74, 6) is -0.332. The van der Waals surface area contributed by atoms with Crippen molar-refractivity contribution in [2.24, 2.45) is 0 Å². The summed E-state index contributed by atoms with van der Waals surface area (Å²) in [6, 6.07) is 7.63. The molecule has 24 heavy (non-hydrogen) atoms. The second-order valence-electron chi connectivity index (χ2n) is 5.51. The number of carbonyl (C=O) groups is 1. The third-order valence-corrected chi connectivity index (χ3v) is 4.17. The molecule has 0 aliphatic carbocycles. The third-order valence-electron chi connectivity index (χ3n) is 3.93. The van der Waals surface area contributed by atoms with Gasteiger partial charge < -0.3 is 24.5 Å². The van der Waals surface area contributed by atoms with E-state index >= 15 is 0 Å². The lowest BCUT2D eigenvalue weighted by Gasteiger charge is -2.36. The second-order valence-corrected chi connectivity index (χ2v) is 5.95. The molecule has 1 aromatic carbocycles. The number of rotatable bonds is 4. The van der Waals surface area contributed by atoms with Gasteiger partial charge in [0.2, 0.25) is 12.2 Å². The fourth-order valence-corrected chi connectivity index (χ4v) is 2.86. The lowest BCUT2D eigenvalue weighted by Crippen LogP contribution is -2.49. The van der Waals surface area contributed by atoms with Crippen LogP contribution in [-0.2, 0) is 11.3 Å². The van der Waals surface area contributed by atoms with E-state index in [-0.39, 0.29) is 18.3 Å². The van der Waals surface area contributed by atoms with Crippen LogP contribution in [0, 0.1) is 10.1 Å². The van der Waals surface area contributed by atoms with Crippen molar-refractivity contribution in [3.63, 3.8) is 0 Å². The standard InChI is InChI=1S/C15H16ClN5O3/c16-12-2-1-3-13(8-12)19-4-6-20(7-5-19)15(22)10-18-9-14(17-11-18)21(23)24/h1-3,8-9,11H,4-7,10H2. The average molecular weight is 350 g/mol. The van der Waals surface area contributed by atoms with E-state index in [4.69, 9.17) is 11.6 Å². The molecule has 1 aliphatic heterocycles. The maximum absolute atomic E-state index is 12.3. The number of aromatic nitrogens is 2. The molecule has 1 amide bonds. The van der Waals surface area contributed by atoms with Crippen molar-refractivity contribution in [2.75, 3.05) is 31.1 Å². The van der Waals surface area contributed by atoms with Gasteiger partial charge in [0.25, 0.3) is 0 Å². The smallest absolute Gasteiger partial charge is 0.368 e. The molecule has 1 aliphatic rings. The number of carbonyl (C=O) groups excluding carboxylic acids is 1. The molecule has 1 fully saturated rings. The fraction of sp³-hybridized carbons (Fsp3) is 0.333. The normalized spacial score (nSPS) is 14.7. The van der Waals surface area contributed by atoms with Gasteiger partial charge in [-0.05, 0) is 28.1 Å². The number of halogens is 1. The first-order valence-electron chi connectivity index (χ1n) is 7.47. The summed E-state index contributed by atoms with van der Waals surface area (Å²) in [6.07, 6.45) is 2.57. The van der Waals surface area contributed by atoms with Crippen molar-refractivity contribution in [3.05, 3.63) is 51.9 Å². The topological polar surface area (TPSA) is 84.5 Å². The maximum atomic E-state index is 12.3. The largest absolute Gasteiger partial charge is 0.381 e. The third kappa shape index (κ3) is 3.65. The van der Waals surface area contributed by atoms with Gasteiger partial charge in [-0.2, -0.15) is 0 Å². The van der Waals surface area contributed by atoms with Gasteiger partial charge in [-0.1, -0.05) is 17.7 Å². The van der Waals surface area contributed by atoms with Crippen LogP contribution in [0.2, 0.25) is 5.02 Å². The minimum absolute atomic E-state index is 0.0536. The maximum Gasteiger partial charge on any atom is 0.381 e. The van der Waals surface area contributed by atoms with Crippen LogP contribution in [-0.4, -0.2) is 51.5 Å². The molecular weight excluding hydrogens is 334 g/mol. The molecule has 1 saturated heterocycles. The van der Waals surface area contributed by atoms with E-state index in [1.165, 1.54) is 17.1 Å². The van der Waals surface area contributed by atoms with Crippen LogP contribution in [0.1, 0.15) is 0 Å². The summed E-state index contributed by atoms with van der Waals surface area (Å²) in [6.45, 7) is 2.69. The summed E-state index contributed by atoms with van der Waals surface area (Å²) < 4.78 is 1.43. The van der Waals surface area contributed by atoms with Crippen LogP contribution >= 0.6 is 11.6 Å². The lowest BCUT2D eigenvalue weighted by molar-refractivity contribution is -0.389. The van der Waals surface area contributed by atoms with Gasteiger partial charge in [-0.25, -0.2) is 0 Å². The van der Waals surface area contributed by atoms with Gasteiger partial charge in [-0.15, -0.1) is 0 Å². The van der Waals surface area contributed by atoms with Crippen molar-refractivity contribution in [2.45, 2.75) is 6.54 Å². The van der Waals surface area contributed by atoms with Crippen molar-refractivity contribution in [1.29, 1.82) is 0 Å². The first-order chi connectivity index (χ1) is 11.5. The average Bonchev–Trinajstić information content (AvgIpc) is 3.04. The first kappa shape index (κ1) is 16.3. The Hall–Kier alpha value is -2.61. The number of hydrogen-bond donors (Lipinski definition) is 0. The molecular formula is C15H16ClN5O3. The highest BCUT2D eigenvalue weighted by molar-refractivity contribution is 6.30. The number of nitro groups is 1. The zero-order chi connectivity index (χ0) is 17.1. The van der Waals surface area contributed by atoms with Crippen LogP contribution < -0.4 is 4.90 Å². The Morgan fingerprint density at radius 2 is 2.04 bits per heavy atom. The van der Waals surface area contributed by atoms with Gasteiger partial charge in [-0.3, -0.25) is 4.79 Å². The van der Waals surface area contributed by atoms with E-state index in [9.17, 15) is 14.9 Å². The molecule has 0 N–H and O–H groups in total. The highest BCUT2D eigenvalue weighted by Crippen LogP contribution is 2.20. The van der Waals surface area contributed by atoms with Crippen molar-refractivity contribution < 1.29 is 9.72 Å². The van der Waals surface area contributed by atoms with Crippen molar-refractivity contribution >= 4 is 29.0 Å². The molecule has 2 aromatic rings. The number of piperazine rings is 1. The highest BCUT2D eigenvalue weighted by Gasteiger charge is 2.22. The van der Waals surface area contributed by atoms with Gasteiger partial charge in [0.15, 0.2) is 0 Å². The summed E-state index contributed by atoms with van der Waals surface area (Å²) >= 11 is 6.01. The van der Waals surface area contributed by atoms with Crippen LogP contribution in [0.3, 0.4) is 0 Å². The van der Waals surface area contributed by atoms with Gasteiger partial charge in [0, 0.05) is 36.9 Å². The SMILES string of the molecule is O=C(Cn1cnc([N+](=O)[O-])c1)N1CCN(c2cccc(Cl)c2)CC1. The second kappa shape index (κ2) is 6.88. The molecule has 0 unspecified atom stereocenters. The number of benzene rings is 1. The van der Waals surface area contributed by atoms with Gasteiger partial charge in [0.1, 0.15) is 12.7 Å². The van der Waals surface area contributed by atoms with Gasteiger partial charge in [0.05, 0.1) is 0 Å². The molecule has 126 valence electrons. The predicted octanol–water partition coefficient (Wildman–Crippen LogP) is 1.79. The number of amides is 1. The Morgan fingerprint density at radius 1 is 1.29 bits per heavy atom. The van der Waals surface area contributed by atoms with E-state index in [1.807, 2.05) is 24.3 Å². The first-order valence-corrected chi connectivity index (χ1v) is 7.85. The van der Waals surface area contributed by atoms with E-state index < -0.39 is 4.92 Å². The molecule has 0 saturated carbocycles. The molecule has 2 heterocycles. The number of hydrogen-bond acceptors (Lipinski definition) is 5. The summed E-state index contributed by atoms with van der Waals surface area (Å²) in [4.78, 5) is 29.9. The van der Waals surface area contributed by atoms with E-state index in [0.717, 1.165) is 18.8 Å². The molecule has 0 spiro atoms. The zero-order valence-corrected chi connectivity index (χ0v) is 13.6. The van der Waals surface area contributed by atoms with Crippen LogP contribution in [0.25, 0.3) is 0 Å². The lowest BCUT2D eigenvalue weighted by atomic mass is 10.2. The number of imidazole rings is 1. The number of nitrogens with zero attached hydrogens (tertiary/aromatic N) is 5. The Bertz CT molecular complexity index is 755. The van der Waals surface area contributed by atoms with Gasteiger partial charge >= 0.3 is 5.82 Å². The summed E-state index contributed by atoms with van der Waals surface area (Å²) in [5, 5.41) is 11.3. The Kier molecular flexibility index (Phi) is 4.66. The Balaban J connectivity index is 1.55. The Labute approximate surface area is 143 Å². The summed E-state index contributed by atoms with van der Waals surface area (Å²) in [5.41, 5.74) is 1.04. The minimum atomic E-state index is -0.579. The predicted molar refractivity (Wildman–Crippen MR) is 89.1 cm³/mol. The van der Waals surface area contributed by atoms with Crippen molar-refractivity contribution in [3.8, 4) is 0 Å². The molecule has 3 rings (SSSR count). The van der Waals surface area contributed by atoms with Crippen LogP contribution in [0.15, 0.2) is 36.8 Å². The van der Waals surface area contributed by atoms with Crippen molar-refractivity contribution in [1.82, 2.24) is 14.5 Å². The quantitative estimate of drug-likeness (QED) is 0.620. The zero-order valence-electron chi connectivity index (χ0n) is 12.8. The molecule has 8 nitrogen and oxygen atoms in total. The molecule has 0 atom stereocenters. The van der Waals surface area contributed by atoms with E-state index in [0.29, 0.717) is 18.1 Å². The fourth-order valence-electron chi connectivity index (χ4n) is 2.67. The number of anilines is 1. The van der Waals surface area contributed by atoms with Crippen LogP contribution in [0.4, 0.5) is 11.5 Å². The molecule has 0 bridgehead atoms.